The number of hydrogen-bond acceptors (Lipinski definition) is 7. The normalized spacial score (nSPS) is 12.2. The highest BCUT2D eigenvalue weighted by molar-refractivity contribution is 7.13. The Morgan fingerprint density at radius 1 is 1.18 bits per heavy atom. The maximum Gasteiger partial charge on any atom is 0.431 e. The monoisotopic (exact) mass is 543 g/mol. The molecule has 12 heteroatoms. The summed E-state index contributed by atoms with van der Waals surface area (Å²) in [4.78, 5) is 37.6. The van der Waals surface area contributed by atoms with Gasteiger partial charge in [-0.2, -0.15) is 17.5 Å². The Morgan fingerprint density at radius 2 is 1.92 bits per heavy atom. The number of aromatic nitrogens is 3. The molecule has 0 bridgehead atoms. The van der Waals surface area contributed by atoms with E-state index in [1.54, 1.807) is 24.3 Å². The molecule has 0 spiro atoms. The van der Waals surface area contributed by atoms with Crippen molar-refractivity contribution in [2.24, 2.45) is 7.05 Å². The van der Waals surface area contributed by atoms with Crippen molar-refractivity contribution < 1.29 is 27.4 Å². The van der Waals surface area contributed by atoms with Gasteiger partial charge in [0.1, 0.15) is 11.4 Å². The Morgan fingerprint density at radius 3 is 2.61 bits per heavy atom. The molecule has 0 aliphatic rings. The van der Waals surface area contributed by atoms with Crippen LogP contribution < -0.4 is 16.0 Å². The molecule has 4 aromatic rings. The molecular weight excluding hydrogens is 523 g/mol. The summed E-state index contributed by atoms with van der Waals surface area (Å²) in [6, 6.07) is 10.2. The Balaban J connectivity index is 1.83. The van der Waals surface area contributed by atoms with Crippen LogP contribution in [0.1, 0.15) is 18.2 Å². The number of terminal acetylenes is 1. The molecule has 2 aromatic heterocycles. The van der Waals surface area contributed by atoms with Crippen molar-refractivity contribution in [3.05, 3.63) is 74.6 Å². The third-order valence-electron chi connectivity index (χ3n) is 5.65. The van der Waals surface area contributed by atoms with E-state index < -0.39 is 35.2 Å². The van der Waals surface area contributed by atoms with Crippen LogP contribution in [0.4, 0.5) is 13.2 Å². The smallest absolute Gasteiger partial charge is 0.431 e. The second-order valence-electron chi connectivity index (χ2n) is 8.33. The zero-order chi connectivity index (χ0) is 27.8. The van der Waals surface area contributed by atoms with Gasteiger partial charge in [-0.25, -0.2) is 14.2 Å². The topological polar surface area (TPSA) is 92.4 Å². The average Bonchev–Trinajstić information content (AvgIpc) is 3.28. The number of rotatable bonds is 6. The molecule has 0 fully saturated rings. The van der Waals surface area contributed by atoms with Gasteiger partial charge in [0, 0.05) is 24.1 Å². The largest absolute Gasteiger partial charge is 0.478 e. The summed E-state index contributed by atoms with van der Waals surface area (Å²) >= 11 is 1.14. The molecule has 4 rings (SSSR count). The van der Waals surface area contributed by atoms with Gasteiger partial charge in [0.05, 0.1) is 16.1 Å². The number of carbonyl (C=O) groups excluding carboxylic acids is 1. The molecule has 0 amide bonds. The van der Waals surface area contributed by atoms with E-state index >= 15 is 0 Å². The highest BCUT2D eigenvalue weighted by Crippen LogP contribution is 2.38. The number of hydrogen-bond donors (Lipinski definition) is 0. The summed E-state index contributed by atoms with van der Waals surface area (Å²) in [7, 11) is 0.948. The number of halogens is 3. The lowest BCUT2D eigenvalue weighted by atomic mass is 10.0. The molecule has 196 valence electrons. The zero-order valence-corrected chi connectivity index (χ0v) is 21.1. The fourth-order valence-electron chi connectivity index (χ4n) is 3.80. The van der Waals surface area contributed by atoms with Crippen molar-refractivity contribution in [3.8, 4) is 35.0 Å². The molecule has 0 aliphatic carbocycles. The van der Waals surface area contributed by atoms with Gasteiger partial charge in [-0.1, -0.05) is 17.6 Å². The van der Waals surface area contributed by atoms with Gasteiger partial charge in [-0.15, -0.1) is 6.42 Å². The van der Waals surface area contributed by atoms with Crippen molar-refractivity contribution in [2.75, 3.05) is 6.61 Å². The van der Waals surface area contributed by atoms with Crippen molar-refractivity contribution in [3.63, 3.8) is 0 Å². The molecule has 0 saturated heterocycles. The quantitative estimate of drug-likeness (QED) is 0.269. The number of alkyl halides is 3. The lowest BCUT2D eigenvalue weighted by Crippen LogP contribution is -2.40. The summed E-state index contributed by atoms with van der Waals surface area (Å²) < 4.78 is 56.8. The Bertz CT molecular complexity index is 1710. The Hall–Kier alpha value is -4.37. The number of aryl methyl sites for hydroxylation is 1. The van der Waals surface area contributed by atoms with E-state index in [2.05, 4.69) is 10.3 Å². The number of fused-ring (bicyclic) bond motifs is 1. The number of nitrogens with zero attached hydrogens (tertiary/aromatic N) is 3. The lowest BCUT2D eigenvalue weighted by molar-refractivity contribution is -0.149. The van der Waals surface area contributed by atoms with E-state index in [0.717, 1.165) is 24.1 Å². The van der Waals surface area contributed by atoms with Crippen molar-refractivity contribution >= 4 is 27.6 Å². The molecule has 38 heavy (non-hydrogen) atoms. The number of ether oxygens (including phenoxy) is 2. The van der Waals surface area contributed by atoms with Crippen LogP contribution in [0, 0.1) is 19.3 Å². The minimum atomic E-state index is -4.87. The molecule has 2 heterocycles. The van der Waals surface area contributed by atoms with Gasteiger partial charge < -0.3 is 9.47 Å². The molecule has 0 radical (unpaired) electrons. The fourth-order valence-corrected chi connectivity index (χ4v) is 4.56. The summed E-state index contributed by atoms with van der Waals surface area (Å²) in [6.45, 7) is 3.16. The second kappa shape index (κ2) is 10.2. The predicted molar refractivity (Wildman–Crippen MR) is 136 cm³/mol. The highest BCUT2D eigenvalue weighted by atomic mass is 32.1. The van der Waals surface area contributed by atoms with Gasteiger partial charge in [-0.3, -0.25) is 9.36 Å². The average molecular weight is 544 g/mol. The van der Waals surface area contributed by atoms with Gasteiger partial charge in [0.15, 0.2) is 12.7 Å². The minimum Gasteiger partial charge on any atom is -0.478 e. The third-order valence-corrected chi connectivity index (χ3v) is 6.47. The first kappa shape index (κ1) is 26.7. The Labute approximate surface area is 218 Å². The fraction of sp³-hybridized carbons (Fsp3) is 0.231. The van der Waals surface area contributed by atoms with E-state index in [-0.39, 0.29) is 12.3 Å². The lowest BCUT2D eigenvalue weighted by Gasteiger charge is -2.16. The van der Waals surface area contributed by atoms with Crippen LogP contribution in [0.2, 0.25) is 0 Å². The van der Waals surface area contributed by atoms with Gasteiger partial charge in [0.2, 0.25) is 0 Å². The third kappa shape index (κ3) is 5.05. The highest BCUT2D eigenvalue weighted by Gasteiger charge is 2.35. The van der Waals surface area contributed by atoms with Gasteiger partial charge in [-0.05, 0) is 55.7 Å². The molecule has 0 N–H and O–H groups in total. The molecule has 2 aromatic carbocycles. The molecular formula is C26H20F3N3O5S. The van der Waals surface area contributed by atoms with Gasteiger partial charge >= 0.3 is 17.8 Å². The molecule has 0 aliphatic heterocycles. The van der Waals surface area contributed by atoms with E-state index in [4.69, 9.17) is 15.9 Å². The molecule has 1 atom stereocenters. The summed E-state index contributed by atoms with van der Waals surface area (Å²) in [5, 5.41) is 0.527. The first-order chi connectivity index (χ1) is 17.9. The molecule has 1 unspecified atom stereocenters. The zero-order valence-electron chi connectivity index (χ0n) is 20.3. The van der Waals surface area contributed by atoms with E-state index in [0.29, 0.717) is 42.3 Å². The summed E-state index contributed by atoms with van der Waals surface area (Å²) in [5.74, 6) is 1.87. The van der Waals surface area contributed by atoms with Crippen LogP contribution in [0.15, 0.2) is 52.1 Å². The predicted octanol–water partition coefficient (Wildman–Crippen LogP) is 4.08. The van der Waals surface area contributed by atoms with E-state index in [1.165, 1.54) is 19.1 Å². The van der Waals surface area contributed by atoms with E-state index in [9.17, 15) is 27.6 Å². The van der Waals surface area contributed by atoms with Crippen LogP contribution in [-0.2, 0) is 22.8 Å². The van der Waals surface area contributed by atoms with Crippen LogP contribution >= 0.6 is 11.5 Å². The summed E-state index contributed by atoms with van der Waals surface area (Å²) in [5.41, 5.74) is -1.72. The first-order valence-electron chi connectivity index (χ1n) is 11.1. The first-order valence-corrected chi connectivity index (χ1v) is 11.9. The number of benzene rings is 2. The van der Waals surface area contributed by atoms with Crippen molar-refractivity contribution in [2.45, 2.75) is 26.1 Å². The maximum atomic E-state index is 13.3. The van der Waals surface area contributed by atoms with Gasteiger partial charge in [0.25, 0.3) is 5.56 Å². The minimum absolute atomic E-state index is 0.0691. The van der Waals surface area contributed by atoms with Crippen molar-refractivity contribution in [1.82, 2.24) is 13.5 Å². The number of carbonyl (C=O) groups is 1. The van der Waals surface area contributed by atoms with Crippen LogP contribution in [0.5, 0.6) is 5.75 Å². The SMILES string of the molecule is C#CCOC(=O)C(C)Oc1ccc(C)cc1-c1nsc2ccc(-n3c(=O)cc(C(F)(F)F)n(C)c3=O)cc12. The molecule has 0 saturated carbocycles. The van der Waals surface area contributed by atoms with E-state index in [1.807, 2.05) is 6.92 Å². The second-order valence-corrected chi connectivity index (χ2v) is 9.13. The standard InChI is InChI=1S/C26H20F3N3O5S/c1-5-10-36-24(34)15(3)37-19-8-6-14(2)11-17(19)23-18-12-16(7-9-20(18)38-30-23)32-22(33)13-21(26(27,28)29)31(4)25(32)35/h1,6-9,11-13,15H,10H2,2-4H3. The Kier molecular flexibility index (Phi) is 7.15. The van der Waals surface area contributed by atoms with Crippen LogP contribution in [0.25, 0.3) is 27.0 Å². The van der Waals surface area contributed by atoms with Crippen LogP contribution in [0.3, 0.4) is 0 Å². The number of esters is 1. The van der Waals surface area contributed by atoms with Crippen molar-refractivity contribution in [1.29, 1.82) is 0 Å². The maximum absolute atomic E-state index is 13.3. The van der Waals surface area contributed by atoms with Crippen LogP contribution in [-0.4, -0.2) is 32.2 Å². The molecule has 8 nitrogen and oxygen atoms in total. The summed E-state index contributed by atoms with van der Waals surface area (Å²) in [6.07, 6.45) is -0.728.